The maximum absolute atomic E-state index is 12.4. The molecular weight excluding hydrogens is 275 g/mol. The maximum Gasteiger partial charge on any atom is 0.406 e. The minimum atomic E-state index is -4.39. The number of nitrogens with zero attached hydrogens (tertiary/aromatic N) is 5. The molecule has 0 saturated carbocycles. The van der Waals surface area contributed by atoms with Crippen LogP contribution < -0.4 is 0 Å². The van der Waals surface area contributed by atoms with Crippen molar-refractivity contribution in [2.45, 2.75) is 44.8 Å². The summed E-state index contributed by atoms with van der Waals surface area (Å²) in [6, 6.07) is -0.749. The predicted molar refractivity (Wildman–Crippen MR) is 62.8 cm³/mol. The number of rotatable bonds is 2. The molecule has 1 aromatic heterocycles. The van der Waals surface area contributed by atoms with Crippen molar-refractivity contribution in [2.75, 3.05) is 13.1 Å². The number of carbonyl (C=O) groups is 1. The molecule has 1 aliphatic heterocycles. The van der Waals surface area contributed by atoms with Gasteiger partial charge in [0.1, 0.15) is 12.6 Å². The van der Waals surface area contributed by atoms with Crippen molar-refractivity contribution in [1.29, 1.82) is 0 Å². The fraction of sp³-hybridized carbons (Fsp3) is 0.818. The van der Waals surface area contributed by atoms with Crippen LogP contribution in [-0.4, -0.2) is 50.3 Å². The standard InChI is InChI=1S/C11H16F3N5O/c1-10(2,3)9-15-16-17-19(9)7-4-5-18(8(7)20)6-11(12,13)14/h7H,4-6H2,1-3H3/t7-/m0/s1. The van der Waals surface area contributed by atoms with Crippen LogP contribution >= 0.6 is 0 Å². The van der Waals surface area contributed by atoms with Gasteiger partial charge in [0.15, 0.2) is 5.82 Å². The van der Waals surface area contributed by atoms with E-state index in [0.717, 1.165) is 4.90 Å². The van der Waals surface area contributed by atoms with Gasteiger partial charge in [0.05, 0.1) is 0 Å². The van der Waals surface area contributed by atoms with Gasteiger partial charge in [-0.3, -0.25) is 4.79 Å². The first-order valence-electron chi connectivity index (χ1n) is 6.23. The average Bonchev–Trinajstić information content (AvgIpc) is 2.84. The zero-order chi connectivity index (χ0) is 15.1. The Hall–Kier alpha value is -1.67. The molecule has 6 nitrogen and oxygen atoms in total. The number of amides is 1. The lowest BCUT2D eigenvalue weighted by Crippen LogP contribution is -2.37. The van der Waals surface area contributed by atoms with Crippen LogP contribution in [0.4, 0.5) is 13.2 Å². The molecule has 9 heteroatoms. The van der Waals surface area contributed by atoms with Crippen molar-refractivity contribution in [1.82, 2.24) is 25.1 Å². The number of halogens is 3. The van der Waals surface area contributed by atoms with E-state index < -0.39 is 24.7 Å². The van der Waals surface area contributed by atoms with Crippen LogP contribution in [0.15, 0.2) is 0 Å². The van der Waals surface area contributed by atoms with E-state index >= 15 is 0 Å². The fourth-order valence-electron chi connectivity index (χ4n) is 2.22. The minimum Gasteiger partial charge on any atom is -0.332 e. The summed E-state index contributed by atoms with van der Waals surface area (Å²) >= 11 is 0. The quantitative estimate of drug-likeness (QED) is 0.824. The third-order valence-electron chi connectivity index (χ3n) is 3.10. The van der Waals surface area contributed by atoms with Crippen molar-refractivity contribution in [2.24, 2.45) is 0 Å². The highest BCUT2D eigenvalue weighted by Gasteiger charge is 2.42. The van der Waals surface area contributed by atoms with Crippen molar-refractivity contribution in [3.05, 3.63) is 5.82 Å². The Morgan fingerprint density at radius 1 is 1.30 bits per heavy atom. The Balaban J connectivity index is 2.20. The molecule has 1 saturated heterocycles. The van der Waals surface area contributed by atoms with Gasteiger partial charge < -0.3 is 4.90 Å². The molecule has 0 N–H and O–H groups in total. The lowest BCUT2D eigenvalue weighted by atomic mass is 9.95. The molecule has 0 aliphatic carbocycles. The number of aromatic nitrogens is 4. The highest BCUT2D eigenvalue weighted by atomic mass is 19.4. The number of tetrazole rings is 1. The van der Waals surface area contributed by atoms with Gasteiger partial charge in [0.25, 0.3) is 0 Å². The van der Waals surface area contributed by atoms with Gasteiger partial charge in [-0.15, -0.1) is 5.10 Å². The second-order valence-corrected chi connectivity index (χ2v) is 5.88. The number of hydrogen-bond acceptors (Lipinski definition) is 4. The topological polar surface area (TPSA) is 63.9 Å². The SMILES string of the molecule is CC(C)(C)c1nnnn1[C@H]1CCN(CC(F)(F)F)C1=O. The van der Waals surface area contributed by atoms with Gasteiger partial charge in [-0.1, -0.05) is 20.8 Å². The summed E-state index contributed by atoms with van der Waals surface area (Å²) in [5, 5.41) is 11.2. The second kappa shape index (κ2) is 4.71. The number of hydrogen-bond donors (Lipinski definition) is 0. The van der Waals surface area contributed by atoms with Crippen LogP contribution in [0.5, 0.6) is 0 Å². The summed E-state index contributed by atoms with van der Waals surface area (Å²) < 4.78 is 38.5. The van der Waals surface area contributed by atoms with Crippen LogP contribution in [0, 0.1) is 0 Å². The fourth-order valence-corrected chi connectivity index (χ4v) is 2.22. The summed E-state index contributed by atoms with van der Waals surface area (Å²) in [4.78, 5) is 12.9. The van der Waals surface area contributed by atoms with E-state index in [-0.39, 0.29) is 18.4 Å². The van der Waals surface area contributed by atoms with Crippen molar-refractivity contribution >= 4 is 5.91 Å². The first-order chi connectivity index (χ1) is 9.09. The smallest absolute Gasteiger partial charge is 0.332 e. The number of likely N-dealkylation sites (tertiary alicyclic amines) is 1. The van der Waals surface area contributed by atoms with Crippen molar-refractivity contribution in [3.8, 4) is 0 Å². The summed E-state index contributed by atoms with van der Waals surface area (Å²) in [5.74, 6) is -0.0927. The molecule has 1 fully saturated rings. The van der Waals surface area contributed by atoms with Gasteiger partial charge in [0, 0.05) is 12.0 Å². The molecule has 20 heavy (non-hydrogen) atoms. The Labute approximate surface area is 113 Å². The molecule has 1 aliphatic rings. The first kappa shape index (κ1) is 14.7. The number of alkyl halides is 3. The largest absolute Gasteiger partial charge is 0.406 e. The molecule has 1 amide bonds. The molecule has 0 bridgehead atoms. The molecule has 0 spiro atoms. The van der Waals surface area contributed by atoms with Crippen LogP contribution in [0.2, 0.25) is 0 Å². The third-order valence-corrected chi connectivity index (χ3v) is 3.10. The Kier molecular flexibility index (Phi) is 3.47. The molecule has 0 radical (unpaired) electrons. The molecule has 1 atom stereocenters. The highest BCUT2D eigenvalue weighted by Crippen LogP contribution is 2.29. The zero-order valence-electron chi connectivity index (χ0n) is 11.5. The van der Waals surface area contributed by atoms with E-state index in [0.29, 0.717) is 5.82 Å². The average molecular weight is 291 g/mol. The van der Waals surface area contributed by atoms with Crippen LogP contribution in [0.3, 0.4) is 0 Å². The Morgan fingerprint density at radius 2 is 1.95 bits per heavy atom. The van der Waals surface area contributed by atoms with E-state index in [1.165, 1.54) is 4.68 Å². The summed E-state index contributed by atoms with van der Waals surface area (Å²) in [5.41, 5.74) is -0.388. The van der Waals surface area contributed by atoms with Crippen molar-refractivity contribution in [3.63, 3.8) is 0 Å². The van der Waals surface area contributed by atoms with E-state index in [9.17, 15) is 18.0 Å². The number of carbonyl (C=O) groups excluding carboxylic acids is 1. The lowest BCUT2D eigenvalue weighted by Gasteiger charge is -2.21. The third kappa shape index (κ3) is 2.91. The maximum atomic E-state index is 12.4. The predicted octanol–water partition coefficient (Wildman–Crippen LogP) is 1.31. The molecule has 1 aromatic rings. The van der Waals surface area contributed by atoms with E-state index in [1.807, 2.05) is 20.8 Å². The zero-order valence-corrected chi connectivity index (χ0v) is 11.5. The van der Waals surface area contributed by atoms with E-state index in [4.69, 9.17) is 0 Å². The molecule has 2 heterocycles. The minimum absolute atomic E-state index is 0.0620. The van der Waals surface area contributed by atoms with Crippen LogP contribution in [0.25, 0.3) is 0 Å². The lowest BCUT2D eigenvalue weighted by molar-refractivity contribution is -0.158. The van der Waals surface area contributed by atoms with Crippen LogP contribution in [0.1, 0.15) is 39.1 Å². The van der Waals surface area contributed by atoms with Crippen molar-refractivity contribution < 1.29 is 18.0 Å². The van der Waals surface area contributed by atoms with E-state index in [2.05, 4.69) is 15.5 Å². The molecular formula is C11H16F3N5O. The first-order valence-corrected chi connectivity index (χ1v) is 6.23. The highest BCUT2D eigenvalue weighted by molar-refractivity contribution is 5.82. The van der Waals surface area contributed by atoms with E-state index in [1.54, 1.807) is 0 Å². The molecule has 2 rings (SSSR count). The summed E-state index contributed by atoms with van der Waals surface area (Å²) in [6.45, 7) is 4.47. The Bertz CT molecular complexity index is 505. The second-order valence-electron chi connectivity index (χ2n) is 5.88. The molecule has 112 valence electrons. The normalized spacial score (nSPS) is 20.8. The van der Waals surface area contributed by atoms with Gasteiger partial charge in [-0.2, -0.15) is 13.2 Å². The monoisotopic (exact) mass is 291 g/mol. The summed E-state index contributed by atoms with van der Waals surface area (Å²) in [6.07, 6.45) is -4.11. The van der Waals surface area contributed by atoms with Gasteiger partial charge >= 0.3 is 6.18 Å². The van der Waals surface area contributed by atoms with Gasteiger partial charge in [0.2, 0.25) is 5.91 Å². The van der Waals surface area contributed by atoms with Crippen LogP contribution in [-0.2, 0) is 10.2 Å². The Morgan fingerprint density at radius 3 is 2.50 bits per heavy atom. The summed E-state index contributed by atoms with van der Waals surface area (Å²) in [7, 11) is 0. The van der Waals surface area contributed by atoms with Gasteiger partial charge in [-0.05, 0) is 16.8 Å². The van der Waals surface area contributed by atoms with Gasteiger partial charge in [-0.25, -0.2) is 4.68 Å². The molecule has 0 aromatic carbocycles. The molecule has 0 unspecified atom stereocenters.